The van der Waals surface area contributed by atoms with Crippen LogP contribution in [0.4, 0.5) is 11.4 Å². The molecule has 0 aromatic heterocycles. The van der Waals surface area contributed by atoms with E-state index < -0.39 is 0 Å². The lowest BCUT2D eigenvalue weighted by Crippen LogP contribution is -2.23. The fourth-order valence-corrected chi connectivity index (χ4v) is 2.92. The summed E-state index contributed by atoms with van der Waals surface area (Å²) >= 11 is 0. The maximum atomic E-state index is 12.3. The highest BCUT2D eigenvalue weighted by atomic mass is 16.5. The Labute approximate surface area is 182 Å². The van der Waals surface area contributed by atoms with Crippen molar-refractivity contribution in [3.8, 4) is 5.75 Å². The molecule has 0 aliphatic heterocycles. The largest absolute Gasteiger partial charge is 0.491 e. The lowest BCUT2D eigenvalue weighted by atomic mass is 10.1. The van der Waals surface area contributed by atoms with E-state index in [4.69, 9.17) is 4.74 Å². The quantitative estimate of drug-likeness (QED) is 0.480. The van der Waals surface area contributed by atoms with Gasteiger partial charge in [-0.2, -0.15) is 0 Å². The summed E-state index contributed by atoms with van der Waals surface area (Å²) in [5, 5.41) is 8.79. The van der Waals surface area contributed by atoms with Gasteiger partial charge in [-0.05, 0) is 55.8 Å². The van der Waals surface area contributed by atoms with Crippen LogP contribution in [0.2, 0.25) is 0 Å². The number of rotatable bonds is 9. The molecule has 0 unspecified atom stereocenters. The summed E-state index contributed by atoms with van der Waals surface area (Å²) in [6.07, 6.45) is 0.0851. The molecule has 0 atom stereocenters. The van der Waals surface area contributed by atoms with E-state index in [1.54, 1.807) is 24.3 Å². The molecule has 3 aromatic rings. The molecule has 6 heteroatoms. The first-order valence-electron chi connectivity index (χ1n) is 10.2. The molecule has 0 radical (unpaired) electrons. The molecule has 31 heavy (non-hydrogen) atoms. The molecule has 160 valence electrons. The number of carbonyl (C=O) groups is 2. The monoisotopic (exact) mass is 417 g/mol. The highest BCUT2D eigenvalue weighted by Gasteiger charge is 2.07. The second-order valence-electron chi connectivity index (χ2n) is 7.34. The van der Waals surface area contributed by atoms with Crippen molar-refractivity contribution >= 4 is 23.2 Å². The molecule has 0 bridgehead atoms. The predicted molar refractivity (Wildman–Crippen MR) is 123 cm³/mol. The van der Waals surface area contributed by atoms with Crippen LogP contribution in [0.1, 0.15) is 29.8 Å². The van der Waals surface area contributed by atoms with Crippen molar-refractivity contribution in [2.45, 2.75) is 26.5 Å². The number of carbonyl (C=O) groups excluding carboxylic acids is 2. The van der Waals surface area contributed by atoms with E-state index in [-0.39, 0.29) is 24.5 Å². The van der Waals surface area contributed by atoms with Crippen molar-refractivity contribution in [1.29, 1.82) is 0 Å². The van der Waals surface area contributed by atoms with Crippen molar-refractivity contribution in [1.82, 2.24) is 5.32 Å². The lowest BCUT2D eigenvalue weighted by molar-refractivity contribution is -0.114. The minimum Gasteiger partial charge on any atom is -0.491 e. The third-order valence-electron chi connectivity index (χ3n) is 4.39. The molecule has 0 fully saturated rings. The number of benzene rings is 3. The summed E-state index contributed by atoms with van der Waals surface area (Å²) in [7, 11) is 0. The van der Waals surface area contributed by atoms with Crippen molar-refractivity contribution in [2.24, 2.45) is 0 Å². The SMILES string of the molecule is CC(C)Oc1cccc(NCC(=O)Nc2ccc(C(=O)NCc3ccccc3)cc2)c1. The number of ether oxygens (including phenoxy) is 1. The Morgan fingerprint density at radius 1 is 0.871 bits per heavy atom. The molecule has 2 amide bonds. The summed E-state index contributed by atoms with van der Waals surface area (Å²) in [6.45, 7) is 4.51. The first kappa shape index (κ1) is 21.9. The van der Waals surface area contributed by atoms with Gasteiger partial charge in [0.25, 0.3) is 5.91 Å². The highest BCUT2D eigenvalue weighted by Crippen LogP contribution is 2.18. The second kappa shape index (κ2) is 10.8. The van der Waals surface area contributed by atoms with E-state index in [2.05, 4.69) is 16.0 Å². The van der Waals surface area contributed by atoms with Crippen LogP contribution in [-0.2, 0) is 11.3 Å². The summed E-state index contributed by atoms with van der Waals surface area (Å²) in [5.74, 6) is 0.407. The van der Waals surface area contributed by atoms with Crippen LogP contribution >= 0.6 is 0 Å². The van der Waals surface area contributed by atoms with Gasteiger partial charge in [-0.3, -0.25) is 9.59 Å². The van der Waals surface area contributed by atoms with Crippen LogP contribution in [-0.4, -0.2) is 24.5 Å². The molecule has 3 aromatic carbocycles. The van der Waals surface area contributed by atoms with Crippen LogP contribution in [0.15, 0.2) is 78.9 Å². The van der Waals surface area contributed by atoms with Crippen LogP contribution in [0.25, 0.3) is 0 Å². The molecule has 0 saturated heterocycles. The molecule has 0 saturated carbocycles. The lowest BCUT2D eigenvalue weighted by Gasteiger charge is -2.12. The maximum Gasteiger partial charge on any atom is 0.251 e. The number of hydrogen-bond donors (Lipinski definition) is 3. The zero-order valence-electron chi connectivity index (χ0n) is 17.7. The number of hydrogen-bond acceptors (Lipinski definition) is 4. The average Bonchev–Trinajstić information content (AvgIpc) is 2.77. The Morgan fingerprint density at radius 3 is 2.32 bits per heavy atom. The molecule has 0 aliphatic rings. The molecule has 6 nitrogen and oxygen atoms in total. The maximum absolute atomic E-state index is 12.3. The Kier molecular flexibility index (Phi) is 7.65. The van der Waals surface area contributed by atoms with Crippen molar-refractivity contribution in [3.63, 3.8) is 0 Å². The van der Waals surface area contributed by atoms with Gasteiger partial charge in [0.05, 0.1) is 12.6 Å². The second-order valence-corrected chi connectivity index (χ2v) is 7.34. The van der Waals surface area contributed by atoms with E-state index in [9.17, 15) is 9.59 Å². The molecular formula is C25H27N3O3. The van der Waals surface area contributed by atoms with E-state index >= 15 is 0 Å². The number of nitrogens with one attached hydrogen (secondary N) is 3. The number of anilines is 2. The van der Waals surface area contributed by atoms with Gasteiger partial charge < -0.3 is 20.7 Å². The van der Waals surface area contributed by atoms with Gasteiger partial charge >= 0.3 is 0 Å². The molecule has 3 rings (SSSR count). The van der Waals surface area contributed by atoms with Crippen LogP contribution in [0.3, 0.4) is 0 Å². The van der Waals surface area contributed by atoms with Gasteiger partial charge in [0, 0.05) is 29.5 Å². The van der Waals surface area contributed by atoms with E-state index in [1.807, 2.05) is 68.4 Å². The van der Waals surface area contributed by atoms with E-state index in [0.29, 0.717) is 17.8 Å². The van der Waals surface area contributed by atoms with Crippen LogP contribution in [0, 0.1) is 0 Å². The number of amides is 2. The zero-order chi connectivity index (χ0) is 22.1. The standard InChI is InChI=1S/C25H27N3O3/c1-18(2)31-23-10-6-9-22(15-23)26-17-24(29)28-21-13-11-20(12-14-21)25(30)27-16-19-7-4-3-5-8-19/h3-15,18,26H,16-17H2,1-2H3,(H,27,30)(H,28,29). The van der Waals surface area contributed by atoms with Gasteiger partial charge in [0.15, 0.2) is 0 Å². The summed E-state index contributed by atoms with van der Waals surface area (Å²) in [6, 6.07) is 24.0. The molecule has 0 spiro atoms. The Hall–Kier alpha value is -3.80. The van der Waals surface area contributed by atoms with E-state index in [0.717, 1.165) is 17.0 Å². The van der Waals surface area contributed by atoms with Gasteiger partial charge in [-0.15, -0.1) is 0 Å². The van der Waals surface area contributed by atoms with Gasteiger partial charge in [-0.1, -0.05) is 36.4 Å². The smallest absolute Gasteiger partial charge is 0.251 e. The topological polar surface area (TPSA) is 79.5 Å². The predicted octanol–water partition coefficient (Wildman–Crippen LogP) is 4.45. The minimum atomic E-state index is -0.184. The third-order valence-corrected chi connectivity index (χ3v) is 4.39. The molecule has 0 heterocycles. The molecular weight excluding hydrogens is 390 g/mol. The van der Waals surface area contributed by atoms with Gasteiger partial charge in [0.2, 0.25) is 5.91 Å². The Morgan fingerprint density at radius 2 is 1.61 bits per heavy atom. The van der Waals surface area contributed by atoms with Crippen molar-refractivity contribution in [3.05, 3.63) is 90.0 Å². The van der Waals surface area contributed by atoms with E-state index in [1.165, 1.54) is 0 Å². The fourth-order valence-electron chi connectivity index (χ4n) is 2.92. The van der Waals surface area contributed by atoms with Crippen molar-refractivity contribution in [2.75, 3.05) is 17.2 Å². The summed E-state index contributed by atoms with van der Waals surface area (Å²) in [4.78, 5) is 24.5. The Balaban J connectivity index is 1.47. The van der Waals surface area contributed by atoms with Crippen LogP contribution < -0.4 is 20.7 Å². The summed E-state index contributed by atoms with van der Waals surface area (Å²) in [5.41, 5.74) is 3.00. The molecule has 0 aliphatic carbocycles. The van der Waals surface area contributed by atoms with Gasteiger partial charge in [0.1, 0.15) is 5.75 Å². The Bertz CT molecular complexity index is 1000. The van der Waals surface area contributed by atoms with Gasteiger partial charge in [-0.25, -0.2) is 0 Å². The summed E-state index contributed by atoms with van der Waals surface area (Å²) < 4.78 is 5.66. The highest BCUT2D eigenvalue weighted by molar-refractivity contribution is 5.96. The van der Waals surface area contributed by atoms with Crippen LogP contribution in [0.5, 0.6) is 5.75 Å². The zero-order valence-corrected chi connectivity index (χ0v) is 17.7. The first-order chi connectivity index (χ1) is 15.0. The minimum absolute atomic E-state index is 0.0851. The third kappa shape index (κ3) is 7.19. The normalized spacial score (nSPS) is 10.4. The first-order valence-corrected chi connectivity index (χ1v) is 10.2. The van der Waals surface area contributed by atoms with Crippen molar-refractivity contribution < 1.29 is 14.3 Å². The average molecular weight is 418 g/mol. The fraction of sp³-hybridized carbons (Fsp3) is 0.200. The molecule has 3 N–H and O–H groups in total.